The first kappa shape index (κ1) is 29.5. The first-order valence-electron chi connectivity index (χ1n) is 13.9. The van der Waals surface area contributed by atoms with Crippen LogP contribution in [0.2, 0.25) is 0 Å². The average Bonchev–Trinajstić information content (AvgIpc) is 3.52. The quantitative estimate of drug-likeness (QED) is 0.210. The van der Waals surface area contributed by atoms with Crippen LogP contribution in [0.5, 0.6) is 17.2 Å². The van der Waals surface area contributed by atoms with Crippen molar-refractivity contribution >= 4 is 18.1 Å². The van der Waals surface area contributed by atoms with E-state index in [1.54, 1.807) is 20.3 Å². The number of hydrogen-bond donors (Lipinski definition) is 5. The Balaban J connectivity index is 1.46. The second kappa shape index (κ2) is 12.5. The third-order valence-electron chi connectivity index (χ3n) is 7.91. The number of aldehydes is 1. The number of aliphatic hydroxyl groups excluding tert-OH is 3. The Labute approximate surface area is 244 Å². The van der Waals surface area contributed by atoms with Crippen molar-refractivity contribution in [3.05, 3.63) is 58.0 Å². The number of benzene rings is 1. The minimum atomic E-state index is -1.09. The van der Waals surface area contributed by atoms with Crippen LogP contribution in [0.15, 0.2) is 24.3 Å². The summed E-state index contributed by atoms with van der Waals surface area (Å²) in [4.78, 5) is 25.1. The number of hydrogen-bond acceptors (Lipinski definition) is 12. The molecule has 3 aromatic rings. The summed E-state index contributed by atoms with van der Waals surface area (Å²) in [5.41, 5.74) is 4.61. The summed E-state index contributed by atoms with van der Waals surface area (Å²) in [7, 11) is 3.18. The first-order valence-corrected chi connectivity index (χ1v) is 13.9. The molecule has 0 radical (unpaired) electrons. The number of pyridine rings is 1. The molecule has 3 heterocycles. The molecule has 5 atom stereocenters. The maximum atomic E-state index is 11.1. The topological polar surface area (TPSA) is 168 Å². The molecule has 5 rings (SSSR count). The van der Waals surface area contributed by atoms with Gasteiger partial charge in [0.25, 0.3) is 0 Å². The zero-order valence-corrected chi connectivity index (χ0v) is 24.1. The molecule has 12 heteroatoms. The van der Waals surface area contributed by atoms with Gasteiger partial charge in [0.1, 0.15) is 41.6 Å². The Morgan fingerprint density at radius 3 is 2.40 bits per heavy atom. The average molecular weight is 580 g/mol. The smallest absolute Gasteiger partial charge is 0.225 e. The van der Waals surface area contributed by atoms with Gasteiger partial charge in [0.15, 0.2) is 0 Å². The van der Waals surface area contributed by atoms with E-state index in [0.717, 1.165) is 17.4 Å². The lowest BCUT2D eigenvalue weighted by Crippen LogP contribution is -2.36. The predicted octanol–water partition coefficient (Wildman–Crippen LogP) is 2.05. The standard InChI is InChI=1S/C30H37N5O7/c1-15-25(24-11-18-9-20(5-6-36)32-16(2)28(18)42-24)29(34-23-10-19(14-37)26(38)27(23)39)35-30(33-15)31-13-17-7-21(40-3)12-22(8-17)41-4/h6-9,12,19,23-24,26-27,37-39H,5,10-11,13-14H2,1-4H3,(H2,31,33,34,35)/t19-,23-,24?,26-,27+/m1/s1. The Hall–Kier alpha value is -4.00. The number of aromatic nitrogens is 3. The van der Waals surface area contributed by atoms with Crippen molar-refractivity contribution in [3.63, 3.8) is 0 Å². The molecular weight excluding hydrogens is 542 g/mol. The lowest BCUT2D eigenvalue weighted by molar-refractivity contribution is -0.107. The second-order valence-electron chi connectivity index (χ2n) is 10.7. The number of carbonyl (C=O) groups excluding carboxylic acids is 1. The normalized spacial score (nSPS) is 22.8. The fraction of sp³-hybridized carbons (Fsp3) is 0.467. The van der Waals surface area contributed by atoms with E-state index in [1.165, 1.54) is 0 Å². The van der Waals surface area contributed by atoms with Crippen molar-refractivity contribution in [1.82, 2.24) is 15.0 Å². The molecule has 12 nitrogen and oxygen atoms in total. The third-order valence-corrected chi connectivity index (χ3v) is 7.91. The molecule has 0 bridgehead atoms. The molecule has 224 valence electrons. The fourth-order valence-corrected chi connectivity index (χ4v) is 5.77. The summed E-state index contributed by atoms with van der Waals surface area (Å²) in [5.74, 6) is 2.35. The second-order valence-corrected chi connectivity index (χ2v) is 10.7. The van der Waals surface area contributed by atoms with Crippen molar-refractivity contribution in [2.45, 2.75) is 64.0 Å². The summed E-state index contributed by atoms with van der Waals surface area (Å²) in [5, 5.41) is 37.5. The highest BCUT2D eigenvalue weighted by atomic mass is 16.5. The maximum Gasteiger partial charge on any atom is 0.225 e. The van der Waals surface area contributed by atoms with Crippen LogP contribution < -0.4 is 24.8 Å². The number of anilines is 2. The summed E-state index contributed by atoms with van der Waals surface area (Å²) in [6, 6.07) is 6.91. The molecule has 0 spiro atoms. The Morgan fingerprint density at radius 1 is 1.02 bits per heavy atom. The Kier molecular flexibility index (Phi) is 8.76. The van der Waals surface area contributed by atoms with Crippen LogP contribution in [-0.4, -0.2) is 75.6 Å². The largest absolute Gasteiger partial charge is 0.497 e. The number of aryl methyl sites for hydroxylation is 2. The van der Waals surface area contributed by atoms with Crippen LogP contribution in [-0.2, 0) is 24.2 Å². The number of ether oxygens (including phenoxy) is 3. The number of methoxy groups -OCH3 is 2. The molecule has 2 aliphatic rings. The van der Waals surface area contributed by atoms with E-state index in [2.05, 4.69) is 15.6 Å². The summed E-state index contributed by atoms with van der Waals surface area (Å²) >= 11 is 0. The van der Waals surface area contributed by atoms with E-state index >= 15 is 0 Å². The number of aliphatic hydroxyl groups is 3. The molecular formula is C30H37N5O7. The lowest BCUT2D eigenvalue weighted by atomic mass is 10.0. The van der Waals surface area contributed by atoms with Gasteiger partial charge in [-0.15, -0.1) is 0 Å². The van der Waals surface area contributed by atoms with Gasteiger partial charge < -0.3 is 45.0 Å². The van der Waals surface area contributed by atoms with Gasteiger partial charge in [-0.3, -0.25) is 4.98 Å². The van der Waals surface area contributed by atoms with Crippen molar-refractivity contribution in [2.24, 2.45) is 5.92 Å². The number of nitrogens with zero attached hydrogens (tertiary/aromatic N) is 3. The van der Waals surface area contributed by atoms with E-state index in [1.807, 2.05) is 32.0 Å². The monoisotopic (exact) mass is 579 g/mol. The molecule has 1 unspecified atom stereocenters. The van der Waals surface area contributed by atoms with Gasteiger partial charge in [0, 0.05) is 49.2 Å². The van der Waals surface area contributed by atoms with Gasteiger partial charge in [-0.05, 0) is 44.0 Å². The number of fused-ring (bicyclic) bond motifs is 1. The zero-order valence-electron chi connectivity index (χ0n) is 24.1. The Morgan fingerprint density at radius 2 is 1.76 bits per heavy atom. The van der Waals surface area contributed by atoms with E-state index in [9.17, 15) is 20.1 Å². The van der Waals surface area contributed by atoms with Crippen LogP contribution in [0.3, 0.4) is 0 Å². The summed E-state index contributed by atoms with van der Waals surface area (Å²) in [6.07, 6.45) is -0.659. The van der Waals surface area contributed by atoms with Gasteiger partial charge in [0.2, 0.25) is 5.95 Å². The molecule has 1 aromatic carbocycles. The number of carbonyl (C=O) groups is 1. The molecule has 42 heavy (non-hydrogen) atoms. The molecule has 2 aromatic heterocycles. The highest BCUT2D eigenvalue weighted by Gasteiger charge is 2.42. The van der Waals surface area contributed by atoms with Gasteiger partial charge in [-0.1, -0.05) is 0 Å². The molecule has 0 amide bonds. The lowest BCUT2D eigenvalue weighted by Gasteiger charge is -2.24. The molecule has 1 aliphatic carbocycles. The fourth-order valence-electron chi connectivity index (χ4n) is 5.77. The summed E-state index contributed by atoms with van der Waals surface area (Å²) < 4.78 is 17.1. The van der Waals surface area contributed by atoms with Gasteiger partial charge in [-0.2, -0.15) is 4.98 Å². The predicted molar refractivity (Wildman–Crippen MR) is 154 cm³/mol. The number of rotatable bonds is 11. The van der Waals surface area contributed by atoms with Crippen LogP contribution in [0.1, 0.15) is 46.3 Å². The van der Waals surface area contributed by atoms with Crippen molar-refractivity contribution in [2.75, 3.05) is 31.5 Å². The van der Waals surface area contributed by atoms with E-state index in [4.69, 9.17) is 24.2 Å². The SMILES string of the molecule is COc1cc(CNc2nc(C)c(C3Cc4cc(CC=O)nc(C)c4O3)c(N[C@@H]3C[C@H](CO)[C@@H](O)[C@H]3O)n2)cc(OC)c1. The minimum Gasteiger partial charge on any atom is -0.497 e. The first-order chi connectivity index (χ1) is 20.2. The van der Waals surface area contributed by atoms with E-state index in [-0.39, 0.29) is 13.0 Å². The highest BCUT2D eigenvalue weighted by molar-refractivity contribution is 5.57. The van der Waals surface area contributed by atoms with Crippen molar-refractivity contribution in [3.8, 4) is 17.2 Å². The van der Waals surface area contributed by atoms with E-state index in [0.29, 0.717) is 71.0 Å². The maximum absolute atomic E-state index is 11.1. The van der Waals surface area contributed by atoms with Gasteiger partial charge in [0.05, 0.1) is 43.3 Å². The zero-order chi connectivity index (χ0) is 30.0. The minimum absolute atomic E-state index is 0.223. The van der Waals surface area contributed by atoms with Crippen LogP contribution in [0, 0.1) is 19.8 Å². The molecule has 1 aliphatic heterocycles. The van der Waals surface area contributed by atoms with E-state index < -0.39 is 30.3 Å². The third kappa shape index (κ3) is 5.96. The van der Waals surface area contributed by atoms with Crippen molar-refractivity contribution < 1.29 is 34.3 Å². The molecule has 1 saturated carbocycles. The molecule has 5 N–H and O–H groups in total. The van der Waals surface area contributed by atoms with Gasteiger partial charge >= 0.3 is 0 Å². The Bertz CT molecular complexity index is 1430. The molecule has 1 fully saturated rings. The molecule has 0 saturated heterocycles. The van der Waals surface area contributed by atoms with Crippen LogP contribution in [0.25, 0.3) is 0 Å². The number of nitrogens with one attached hydrogen (secondary N) is 2. The highest BCUT2D eigenvalue weighted by Crippen LogP contribution is 2.42. The van der Waals surface area contributed by atoms with Crippen molar-refractivity contribution in [1.29, 1.82) is 0 Å². The summed E-state index contributed by atoms with van der Waals surface area (Å²) in [6.45, 7) is 3.87. The van der Waals surface area contributed by atoms with Gasteiger partial charge in [-0.25, -0.2) is 4.98 Å². The van der Waals surface area contributed by atoms with Crippen LogP contribution >= 0.6 is 0 Å². The van der Waals surface area contributed by atoms with Crippen LogP contribution in [0.4, 0.5) is 11.8 Å².